The number of thiophene rings is 1. The Bertz CT molecular complexity index is 829. The summed E-state index contributed by atoms with van der Waals surface area (Å²) in [6.45, 7) is 2.61. The third-order valence-corrected chi connectivity index (χ3v) is 4.59. The quantitative estimate of drug-likeness (QED) is 0.698. The van der Waals surface area contributed by atoms with Gasteiger partial charge in [-0.25, -0.2) is 8.78 Å². The average molecular weight is 310 g/mol. The van der Waals surface area contributed by atoms with Gasteiger partial charge in [-0.2, -0.15) is 0 Å². The number of benzene rings is 1. The zero-order chi connectivity index (χ0) is 14.3. The van der Waals surface area contributed by atoms with Gasteiger partial charge in [0.2, 0.25) is 0 Å². The summed E-state index contributed by atoms with van der Waals surface area (Å²) in [5, 5.41) is 2.02. The molecule has 1 N–H and O–H groups in total. The molecule has 0 atom stereocenters. The molecule has 2 nitrogen and oxygen atoms in total. The lowest BCUT2D eigenvalue weighted by Crippen LogP contribution is -2.00. The maximum absolute atomic E-state index is 13.7. The molecule has 3 aromatic rings. The summed E-state index contributed by atoms with van der Waals surface area (Å²) in [5.74, 6) is -1.22. The van der Waals surface area contributed by atoms with E-state index in [1.165, 1.54) is 11.6 Å². The van der Waals surface area contributed by atoms with Gasteiger partial charge < -0.3 is 9.55 Å². The lowest BCUT2D eigenvalue weighted by atomic mass is 10.2. The smallest absolute Gasteiger partial charge is 0.178 e. The molecule has 0 spiro atoms. The van der Waals surface area contributed by atoms with Gasteiger partial charge in [0.05, 0.1) is 12.1 Å². The number of nitrogens with zero attached hydrogens (tertiary/aromatic N) is 1. The van der Waals surface area contributed by atoms with E-state index in [1.54, 1.807) is 15.9 Å². The molecule has 0 amide bonds. The molecule has 0 aliphatic heterocycles. The highest BCUT2D eigenvalue weighted by Crippen LogP contribution is 2.24. The lowest BCUT2D eigenvalue weighted by molar-refractivity contribution is 0.590. The van der Waals surface area contributed by atoms with Gasteiger partial charge in [0.1, 0.15) is 11.3 Å². The van der Waals surface area contributed by atoms with Crippen LogP contribution < -0.4 is 0 Å². The second kappa shape index (κ2) is 5.10. The van der Waals surface area contributed by atoms with E-state index in [9.17, 15) is 8.78 Å². The van der Waals surface area contributed by atoms with Crippen molar-refractivity contribution in [2.45, 2.75) is 19.9 Å². The summed E-state index contributed by atoms with van der Waals surface area (Å²) in [6, 6.07) is 4.24. The van der Waals surface area contributed by atoms with E-state index in [-0.39, 0.29) is 5.52 Å². The van der Waals surface area contributed by atoms with Gasteiger partial charge in [-0.05, 0) is 41.7 Å². The second-order valence-corrected chi connectivity index (χ2v) is 5.91. The summed E-state index contributed by atoms with van der Waals surface area (Å²) in [6.07, 6.45) is 0.928. The van der Waals surface area contributed by atoms with Gasteiger partial charge in [-0.15, -0.1) is 11.3 Å². The van der Waals surface area contributed by atoms with Crippen LogP contribution in [0.5, 0.6) is 0 Å². The fourth-order valence-corrected chi connectivity index (χ4v) is 3.53. The van der Waals surface area contributed by atoms with Gasteiger partial charge in [0.15, 0.2) is 10.6 Å². The summed E-state index contributed by atoms with van der Waals surface area (Å²) in [7, 11) is 0. The number of imidazole rings is 1. The standard InChI is InChI=1S/C14H12F2N2S2/c1-2-8-3-4-20-12(8)7-18-11-6-9(15)5-10(16)13(11)17-14(18)19/h3-6H,2,7H2,1H3,(H,17,19). The molecule has 104 valence electrons. The molecule has 6 heteroatoms. The Labute approximate surface area is 123 Å². The zero-order valence-electron chi connectivity index (χ0n) is 10.7. The van der Waals surface area contributed by atoms with Crippen molar-refractivity contribution in [2.75, 3.05) is 0 Å². The van der Waals surface area contributed by atoms with Crippen molar-refractivity contribution in [3.8, 4) is 0 Å². The zero-order valence-corrected chi connectivity index (χ0v) is 12.4. The fourth-order valence-electron chi connectivity index (χ4n) is 2.30. The van der Waals surface area contributed by atoms with Crippen LogP contribution in [0.15, 0.2) is 23.6 Å². The minimum Gasteiger partial charge on any atom is -0.328 e. The van der Waals surface area contributed by atoms with Crippen LogP contribution in [0.3, 0.4) is 0 Å². The fraction of sp³-hybridized carbons (Fsp3) is 0.214. The van der Waals surface area contributed by atoms with Crippen molar-refractivity contribution in [3.05, 3.63) is 50.4 Å². The predicted molar refractivity (Wildman–Crippen MR) is 79.8 cm³/mol. The Morgan fingerprint density at radius 1 is 1.35 bits per heavy atom. The van der Waals surface area contributed by atoms with Gasteiger partial charge in [-0.3, -0.25) is 0 Å². The van der Waals surface area contributed by atoms with Crippen molar-refractivity contribution in [2.24, 2.45) is 0 Å². The van der Waals surface area contributed by atoms with Gasteiger partial charge in [-0.1, -0.05) is 6.92 Å². The maximum atomic E-state index is 13.7. The number of aromatic nitrogens is 2. The third-order valence-electron chi connectivity index (χ3n) is 3.32. The number of aryl methyl sites for hydroxylation is 1. The summed E-state index contributed by atoms with van der Waals surface area (Å²) in [5.41, 5.74) is 1.96. The highest BCUT2D eigenvalue weighted by molar-refractivity contribution is 7.71. The normalized spacial score (nSPS) is 11.3. The van der Waals surface area contributed by atoms with Gasteiger partial charge in [0.25, 0.3) is 0 Å². The summed E-state index contributed by atoms with van der Waals surface area (Å²) >= 11 is 6.86. The molecular formula is C14H12F2N2S2. The molecule has 0 radical (unpaired) electrons. The molecule has 2 aromatic heterocycles. The van der Waals surface area contributed by atoms with Gasteiger partial charge in [0, 0.05) is 10.9 Å². The first-order chi connectivity index (χ1) is 9.60. The first kappa shape index (κ1) is 13.5. The summed E-state index contributed by atoms with van der Waals surface area (Å²) in [4.78, 5) is 3.97. The largest absolute Gasteiger partial charge is 0.328 e. The van der Waals surface area contributed by atoms with Crippen LogP contribution in [-0.2, 0) is 13.0 Å². The molecule has 0 aliphatic carbocycles. The number of halogens is 2. The van der Waals surface area contributed by atoms with E-state index < -0.39 is 11.6 Å². The Balaban J connectivity index is 2.16. The first-order valence-corrected chi connectivity index (χ1v) is 7.51. The van der Waals surface area contributed by atoms with Crippen molar-refractivity contribution in [1.82, 2.24) is 9.55 Å². The molecular weight excluding hydrogens is 298 g/mol. The molecule has 0 bridgehead atoms. The van der Waals surface area contributed by atoms with Crippen LogP contribution >= 0.6 is 23.6 Å². The molecule has 0 unspecified atom stereocenters. The minimum atomic E-state index is -0.619. The number of nitrogens with one attached hydrogen (secondary N) is 1. The van der Waals surface area contributed by atoms with Crippen LogP contribution in [0.1, 0.15) is 17.4 Å². The monoisotopic (exact) mass is 310 g/mol. The van der Waals surface area contributed by atoms with Crippen LogP contribution in [-0.4, -0.2) is 9.55 Å². The van der Waals surface area contributed by atoms with E-state index in [4.69, 9.17) is 12.2 Å². The molecule has 0 fully saturated rings. The Hall–Kier alpha value is -1.53. The molecule has 20 heavy (non-hydrogen) atoms. The van der Waals surface area contributed by atoms with Crippen LogP contribution in [0, 0.1) is 16.4 Å². The van der Waals surface area contributed by atoms with Crippen molar-refractivity contribution >= 4 is 34.6 Å². The molecule has 1 aromatic carbocycles. The van der Waals surface area contributed by atoms with Crippen LogP contribution in [0.4, 0.5) is 8.78 Å². The predicted octanol–water partition coefficient (Wildman–Crippen LogP) is 4.65. The topological polar surface area (TPSA) is 20.7 Å². The minimum absolute atomic E-state index is 0.256. The molecule has 0 saturated heterocycles. The van der Waals surface area contributed by atoms with E-state index in [2.05, 4.69) is 18.0 Å². The third kappa shape index (κ3) is 2.19. The number of H-pyrrole nitrogens is 1. The maximum Gasteiger partial charge on any atom is 0.178 e. The molecule has 2 heterocycles. The number of hydrogen-bond donors (Lipinski definition) is 1. The highest BCUT2D eigenvalue weighted by Gasteiger charge is 2.12. The van der Waals surface area contributed by atoms with E-state index in [0.29, 0.717) is 16.8 Å². The Morgan fingerprint density at radius 3 is 2.90 bits per heavy atom. The molecule has 0 saturated carbocycles. The van der Waals surface area contributed by atoms with Crippen LogP contribution in [0.25, 0.3) is 11.0 Å². The van der Waals surface area contributed by atoms with Gasteiger partial charge >= 0.3 is 0 Å². The summed E-state index contributed by atoms with van der Waals surface area (Å²) < 4.78 is 29.3. The van der Waals surface area contributed by atoms with Crippen molar-refractivity contribution in [1.29, 1.82) is 0 Å². The van der Waals surface area contributed by atoms with Crippen molar-refractivity contribution < 1.29 is 8.78 Å². The number of rotatable bonds is 3. The van der Waals surface area contributed by atoms with Crippen LogP contribution in [0.2, 0.25) is 0 Å². The number of hydrogen-bond acceptors (Lipinski definition) is 2. The average Bonchev–Trinajstić information content (AvgIpc) is 2.97. The second-order valence-electron chi connectivity index (χ2n) is 4.52. The van der Waals surface area contributed by atoms with Crippen molar-refractivity contribution in [3.63, 3.8) is 0 Å². The Kier molecular flexibility index (Phi) is 3.43. The first-order valence-electron chi connectivity index (χ1n) is 6.23. The van der Waals surface area contributed by atoms with E-state index in [0.717, 1.165) is 17.4 Å². The Morgan fingerprint density at radius 2 is 2.15 bits per heavy atom. The number of fused-ring (bicyclic) bond motifs is 1. The van der Waals surface area contributed by atoms with E-state index in [1.807, 2.05) is 5.38 Å². The van der Waals surface area contributed by atoms with E-state index >= 15 is 0 Å². The lowest BCUT2D eigenvalue weighted by Gasteiger charge is -2.05. The number of aromatic amines is 1. The SMILES string of the molecule is CCc1ccsc1Cn1c(=S)[nH]c2c(F)cc(F)cc21. The molecule has 0 aliphatic rings. The highest BCUT2D eigenvalue weighted by atomic mass is 32.1. The molecule has 3 rings (SSSR count).